The maximum absolute atomic E-state index is 14.0. The summed E-state index contributed by atoms with van der Waals surface area (Å²) >= 11 is 0. The number of hydrogen-bond acceptors (Lipinski definition) is 2. The van der Waals surface area contributed by atoms with Crippen molar-refractivity contribution in [2.75, 3.05) is 6.61 Å². The van der Waals surface area contributed by atoms with Crippen molar-refractivity contribution in [2.45, 2.75) is 44.1 Å². The van der Waals surface area contributed by atoms with Crippen LogP contribution in [0.3, 0.4) is 0 Å². The lowest BCUT2D eigenvalue weighted by atomic mass is 9.88. The summed E-state index contributed by atoms with van der Waals surface area (Å²) < 4.78 is 19.7. The summed E-state index contributed by atoms with van der Waals surface area (Å²) in [5.41, 5.74) is 6.99. The van der Waals surface area contributed by atoms with Gasteiger partial charge in [-0.1, -0.05) is 12.1 Å². The fourth-order valence-electron chi connectivity index (χ4n) is 2.64. The van der Waals surface area contributed by atoms with Crippen LogP contribution in [0.15, 0.2) is 18.2 Å². The highest BCUT2D eigenvalue weighted by atomic mass is 19.1. The molecule has 0 radical (unpaired) electrons. The van der Waals surface area contributed by atoms with Gasteiger partial charge in [0.15, 0.2) is 11.6 Å². The van der Waals surface area contributed by atoms with E-state index in [1.54, 1.807) is 6.07 Å². The highest BCUT2D eigenvalue weighted by Crippen LogP contribution is 2.53. The molecule has 2 aliphatic carbocycles. The fourth-order valence-corrected chi connectivity index (χ4v) is 2.64. The van der Waals surface area contributed by atoms with Crippen LogP contribution >= 0.6 is 0 Å². The molecule has 0 heterocycles. The highest BCUT2D eigenvalue weighted by molar-refractivity contribution is 5.45. The molecular weight excluding hydrogens is 229 g/mol. The molecule has 1 aromatic carbocycles. The van der Waals surface area contributed by atoms with Gasteiger partial charge in [0.1, 0.15) is 0 Å². The van der Waals surface area contributed by atoms with Gasteiger partial charge in [0, 0.05) is 17.0 Å². The molecule has 2 saturated carbocycles. The van der Waals surface area contributed by atoms with Crippen molar-refractivity contribution in [1.82, 2.24) is 0 Å². The minimum atomic E-state index is -0.250. The van der Waals surface area contributed by atoms with Crippen molar-refractivity contribution in [3.63, 3.8) is 0 Å². The normalized spacial score (nSPS) is 22.6. The first-order valence-corrected chi connectivity index (χ1v) is 6.81. The number of rotatable bonds is 5. The lowest BCUT2D eigenvalue weighted by Gasteiger charge is -2.23. The molecule has 1 aromatic rings. The molecule has 1 unspecified atom stereocenters. The smallest absolute Gasteiger partial charge is 0.165 e. The minimum Gasteiger partial charge on any atom is -0.490 e. The van der Waals surface area contributed by atoms with Gasteiger partial charge in [-0.05, 0) is 44.6 Å². The van der Waals surface area contributed by atoms with Crippen molar-refractivity contribution in [1.29, 1.82) is 0 Å². The van der Waals surface area contributed by atoms with E-state index in [2.05, 4.69) is 0 Å². The van der Waals surface area contributed by atoms with Crippen LogP contribution in [0.4, 0.5) is 4.39 Å². The zero-order valence-electron chi connectivity index (χ0n) is 10.8. The van der Waals surface area contributed by atoms with Crippen LogP contribution in [0.25, 0.3) is 0 Å². The summed E-state index contributed by atoms with van der Waals surface area (Å²) in [6.45, 7) is 2.64. The van der Waals surface area contributed by atoms with Crippen LogP contribution in [0.5, 0.6) is 5.75 Å². The molecule has 1 atom stereocenters. The van der Waals surface area contributed by atoms with Gasteiger partial charge < -0.3 is 10.5 Å². The Balaban J connectivity index is 1.90. The summed E-state index contributed by atoms with van der Waals surface area (Å²) in [6, 6.07) is 5.25. The highest BCUT2D eigenvalue weighted by Gasteiger charge is 2.49. The molecule has 98 valence electrons. The van der Waals surface area contributed by atoms with Crippen molar-refractivity contribution >= 4 is 0 Å². The fraction of sp³-hybridized carbons (Fsp3) is 0.600. The van der Waals surface area contributed by atoms with E-state index in [1.165, 1.54) is 18.9 Å². The van der Waals surface area contributed by atoms with E-state index in [4.69, 9.17) is 10.5 Å². The Morgan fingerprint density at radius 2 is 2.17 bits per heavy atom. The van der Waals surface area contributed by atoms with Gasteiger partial charge in [-0.3, -0.25) is 0 Å². The van der Waals surface area contributed by atoms with Crippen LogP contribution < -0.4 is 10.5 Å². The van der Waals surface area contributed by atoms with Crippen LogP contribution in [0, 0.1) is 11.7 Å². The number of nitrogens with two attached hydrogens (primary N) is 1. The van der Waals surface area contributed by atoms with Gasteiger partial charge >= 0.3 is 0 Å². The molecule has 0 spiro atoms. The second-order valence-electron chi connectivity index (χ2n) is 5.82. The lowest BCUT2D eigenvalue weighted by molar-refractivity contribution is 0.278. The van der Waals surface area contributed by atoms with E-state index in [0.717, 1.165) is 18.4 Å². The van der Waals surface area contributed by atoms with Gasteiger partial charge in [-0.2, -0.15) is 0 Å². The van der Waals surface area contributed by atoms with E-state index < -0.39 is 0 Å². The first kappa shape index (κ1) is 12.0. The predicted octanol–water partition coefficient (Wildman–Crippen LogP) is 2.99. The Hall–Kier alpha value is -1.09. The maximum atomic E-state index is 14.0. The molecule has 18 heavy (non-hydrogen) atoms. The molecular formula is C15H20FNO. The largest absolute Gasteiger partial charge is 0.490 e. The average Bonchev–Trinajstić information content (AvgIpc) is 3.21. The molecule has 0 saturated heterocycles. The number of para-hydroxylation sites is 1. The Kier molecular flexibility index (Phi) is 2.81. The Labute approximate surface area is 107 Å². The summed E-state index contributed by atoms with van der Waals surface area (Å²) in [6.07, 6.45) is 4.49. The van der Waals surface area contributed by atoms with Crippen molar-refractivity contribution in [3.05, 3.63) is 29.6 Å². The summed E-state index contributed by atoms with van der Waals surface area (Å²) in [5.74, 6) is 0.821. The zero-order chi connectivity index (χ0) is 12.8. The summed E-state index contributed by atoms with van der Waals surface area (Å²) in [5, 5.41) is 0. The third-order valence-corrected chi connectivity index (χ3v) is 4.32. The second kappa shape index (κ2) is 4.23. The van der Waals surface area contributed by atoms with Gasteiger partial charge in [0.2, 0.25) is 0 Å². The number of ether oxygens (including phenoxy) is 1. The van der Waals surface area contributed by atoms with Crippen LogP contribution in [0.2, 0.25) is 0 Å². The monoisotopic (exact) mass is 249 g/mol. The van der Waals surface area contributed by atoms with Crippen LogP contribution in [-0.4, -0.2) is 12.6 Å². The predicted molar refractivity (Wildman–Crippen MR) is 69.2 cm³/mol. The standard InChI is InChI=1S/C15H20FNO/c1-10(17)15(7-8-15)12-3-2-4-13(16)14(12)18-9-11-5-6-11/h2-4,10-11H,5-9,17H2,1H3. The summed E-state index contributed by atoms with van der Waals surface area (Å²) in [7, 11) is 0. The van der Waals surface area contributed by atoms with E-state index >= 15 is 0 Å². The first-order chi connectivity index (χ1) is 8.63. The van der Waals surface area contributed by atoms with Crippen molar-refractivity contribution < 1.29 is 9.13 Å². The van der Waals surface area contributed by atoms with Crippen molar-refractivity contribution in [2.24, 2.45) is 11.7 Å². The van der Waals surface area contributed by atoms with Gasteiger partial charge in [0.05, 0.1) is 6.61 Å². The number of hydrogen-bond donors (Lipinski definition) is 1. The molecule has 0 aromatic heterocycles. The Morgan fingerprint density at radius 3 is 2.72 bits per heavy atom. The lowest BCUT2D eigenvalue weighted by Crippen LogP contribution is -2.32. The van der Waals surface area contributed by atoms with Crippen molar-refractivity contribution in [3.8, 4) is 5.75 Å². The molecule has 2 N–H and O–H groups in total. The average molecular weight is 249 g/mol. The number of benzene rings is 1. The topological polar surface area (TPSA) is 35.2 Å². The quantitative estimate of drug-likeness (QED) is 0.870. The van der Waals surface area contributed by atoms with E-state index in [-0.39, 0.29) is 17.3 Å². The number of halogens is 1. The first-order valence-electron chi connectivity index (χ1n) is 6.81. The zero-order valence-corrected chi connectivity index (χ0v) is 10.8. The van der Waals surface area contributed by atoms with E-state index in [1.807, 2.05) is 13.0 Å². The molecule has 0 bridgehead atoms. The Morgan fingerprint density at radius 1 is 1.44 bits per heavy atom. The third kappa shape index (κ3) is 2.01. The molecule has 2 fully saturated rings. The second-order valence-corrected chi connectivity index (χ2v) is 5.82. The maximum Gasteiger partial charge on any atom is 0.165 e. The van der Waals surface area contributed by atoms with Gasteiger partial charge in [-0.25, -0.2) is 4.39 Å². The van der Waals surface area contributed by atoms with E-state index in [0.29, 0.717) is 18.3 Å². The van der Waals surface area contributed by atoms with Gasteiger partial charge in [-0.15, -0.1) is 0 Å². The molecule has 0 aliphatic heterocycles. The minimum absolute atomic E-state index is 0.0441. The van der Waals surface area contributed by atoms with E-state index in [9.17, 15) is 4.39 Å². The molecule has 2 nitrogen and oxygen atoms in total. The molecule has 2 aliphatic rings. The SMILES string of the molecule is CC(N)C1(c2cccc(F)c2OCC2CC2)CC1. The molecule has 3 rings (SSSR count). The molecule has 3 heteroatoms. The Bertz CT molecular complexity index is 450. The van der Waals surface area contributed by atoms with Crippen LogP contribution in [0.1, 0.15) is 38.2 Å². The molecule has 0 amide bonds. The van der Waals surface area contributed by atoms with Gasteiger partial charge in [0.25, 0.3) is 0 Å². The van der Waals surface area contributed by atoms with Crippen LogP contribution in [-0.2, 0) is 5.41 Å². The third-order valence-electron chi connectivity index (χ3n) is 4.32. The summed E-state index contributed by atoms with van der Waals surface area (Å²) in [4.78, 5) is 0.